The van der Waals surface area contributed by atoms with Gasteiger partial charge in [0.2, 0.25) is 5.91 Å². The van der Waals surface area contributed by atoms with Crippen molar-refractivity contribution in [3.05, 3.63) is 58.9 Å². The average molecular weight is 512 g/mol. The lowest BCUT2D eigenvalue weighted by Gasteiger charge is -2.19. The number of hydrogen-bond donors (Lipinski definition) is 1. The summed E-state index contributed by atoms with van der Waals surface area (Å²) in [5.41, 5.74) is 2.82. The van der Waals surface area contributed by atoms with Crippen molar-refractivity contribution in [1.82, 2.24) is 15.2 Å². The zero-order chi connectivity index (χ0) is 25.5. The van der Waals surface area contributed by atoms with Gasteiger partial charge in [-0.3, -0.25) is 4.79 Å². The molecule has 2 heterocycles. The van der Waals surface area contributed by atoms with Crippen LogP contribution in [0.15, 0.2) is 42.5 Å². The van der Waals surface area contributed by atoms with Crippen LogP contribution in [0, 0.1) is 5.82 Å². The molecule has 1 aliphatic heterocycles. The molecule has 4 rings (SSSR count). The number of hydrogen-bond acceptors (Lipinski definition) is 4. The highest BCUT2D eigenvalue weighted by Crippen LogP contribution is 2.30. The van der Waals surface area contributed by atoms with Gasteiger partial charge in [0.05, 0.1) is 29.3 Å². The Labute approximate surface area is 218 Å². The van der Waals surface area contributed by atoms with Crippen molar-refractivity contribution in [2.75, 3.05) is 26.2 Å². The van der Waals surface area contributed by atoms with Crippen molar-refractivity contribution in [3.8, 4) is 17.0 Å². The molecule has 1 amide bonds. The van der Waals surface area contributed by atoms with E-state index in [1.807, 2.05) is 38.1 Å². The number of fused-ring (bicyclic) bond motifs is 1. The van der Waals surface area contributed by atoms with E-state index in [4.69, 9.17) is 21.3 Å². The molecule has 1 N–H and O–H groups in total. The summed E-state index contributed by atoms with van der Waals surface area (Å²) in [7, 11) is 0. The molecule has 0 saturated carbocycles. The zero-order valence-electron chi connectivity index (χ0n) is 21.2. The van der Waals surface area contributed by atoms with Crippen LogP contribution in [0.4, 0.5) is 4.39 Å². The van der Waals surface area contributed by atoms with E-state index in [2.05, 4.69) is 10.2 Å². The summed E-state index contributed by atoms with van der Waals surface area (Å²) in [4.78, 5) is 20.0. The van der Waals surface area contributed by atoms with Crippen molar-refractivity contribution in [1.29, 1.82) is 0 Å². The Bertz CT molecular complexity index is 1190. The third kappa shape index (κ3) is 7.17. The van der Waals surface area contributed by atoms with E-state index >= 15 is 0 Å². The maximum absolute atomic E-state index is 13.8. The number of rotatable bonds is 9. The molecule has 0 aliphatic carbocycles. The van der Waals surface area contributed by atoms with Crippen molar-refractivity contribution >= 4 is 28.4 Å². The standard InChI is InChI=1S/C29H35ClFN3O2/c1-20(2)32-28(35)19-23-16-22-17-24(36-15-7-14-34-12-5-3-4-6-13-34)9-11-27(22)33-29(23)21-8-10-26(31)25(30)18-21/h8-11,16-18,20H,3-7,12-15,19H2,1-2H3,(H,32,35). The van der Waals surface area contributed by atoms with Gasteiger partial charge in [-0.2, -0.15) is 0 Å². The highest BCUT2D eigenvalue weighted by atomic mass is 35.5. The summed E-state index contributed by atoms with van der Waals surface area (Å²) in [6.07, 6.45) is 6.42. The summed E-state index contributed by atoms with van der Waals surface area (Å²) < 4.78 is 19.8. The van der Waals surface area contributed by atoms with Gasteiger partial charge in [0.1, 0.15) is 11.6 Å². The number of amides is 1. The van der Waals surface area contributed by atoms with Gasteiger partial charge in [0, 0.05) is 23.5 Å². The summed E-state index contributed by atoms with van der Waals surface area (Å²) in [6.45, 7) is 7.95. The third-order valence-electron chi connectivity index (χ3n) is 6.44. The Hall–Kier alpha value is -2.70. The number of aromatic nitrogens is 1. The van der Waals surface area contributed by atoms with E-state index in [0.29, 0.717) is 17.9 Å². The monoisotopic (exact) mass is 511 g/mol. The van der Waals surface area contributed by atoms with E-state index in [1.54, 1.807) is 12.1 Å². The molecular formula is C29H35ClFN3O2. The van der Waals surface area contributed by atoms with Crippen molar-refractivity contribution in [2.45, 2.75) is 58.4 Å². The molecule has 2 aromatic carbocycles. The fourth-order valence-electron chi connectivity index (χ4n) is 4.70. The van der Waals surface area contributed by atoms with Crippen LogP contribution in [-0.4, -0.2) is 48.1 Å². The summed E-state index contributed by atoms with van der Waals surface area (Å²) in [5.74, 6) is 0.204. The molecule has 1 aliphatic rings. The first-order valence-corrected chi connectivity index (χ1v) is 13.3. The molecule has 1 saturated heterocycles. The number of halogens is 2. The molecule has 1 aromatic heterocycles. The number of pyridine rings is 1. The predicted octanol–water partition coefficient (Wildman–Crippen LogP) is 6.41. The van der Waals surface area contributed by atoms with Gasteiger partial charge in [0.15, 0.2) is 0 Å². The molecule has 3 aromatic rings. The van der Waals surface area contributed by atoms with Crippen LogP contribution < -0.4 is 10.1 Å². The van der Waals surface area contributed by atoms with Crippen molar-refractivity contribution < 1.29 is 13.9 Å². The fourth-order valence-corrected chi connectivity index (χ4v) is 4.88. The first kappa shape index (κ1) is 26.4. The molecule has 1 fully saturated rings. The van der Waals surface area contributed by atoms with Crippen LogP contribution in [0.1, 0.15) is 51.5 Å². The van der Waals surface area contributed by atoms with Crippen LogP contribution in [0.5, 0.6) is 5.75 Å². The lowest BCUT2D eigenvalue weighted by Crippen LogP contribution is -2.31. The number of carbonyl (C=O) groups excluding carboxylic acids is 1. The zero-order valence-corrected chi connectivity index (χ0v) is 21.9. The van der Waals surface area contributed by atoms with Gasteiger partial charge in [-0.05, 0) is 94.2 Å². The number of nitrogens with one attached hydrogen (secondary N) is 1. The molecule has 0 radical (unpaired) electrons. The summed E-state index contributed by atoms with van der Waals surface area (Å²) in [6, 6.07) is 12.3. The Morgan fingerprint density at radius 3 is 2.61 bits per heavy atom. The Morgan fingerprint density at radius 1 is 1.11 bits per heavy atom. The molecule has 36 heavy (non-hydrogen) atoms. The molecule has 0 spiro atoms. The smallest absolute Gasteiger partial charge is 0.224 e. The highest BCUT2D eigenvalue weighted by molar-refractivity contribution is 6.31. The second-order valence-corrected chi connectivity index (χ2v) is 10.2. The second-order valence-electron chi connectivity index (χ2n) is 9.84. The van der Waals surface area contributed by atoms with Gasteiger partial charge >= 0.3 is 0 Å². The Kier molecular flexibility index (Phi) is 9.16. The minimum atomic E-state index is -0.488. The fraction of sp³-hybridized carbons (Fsp3) is 0.448. The molecule has 0 unspecified atom stereocenters. The van der Waals surface area contributed by atoms with Crippen LogP contribution in [0.3, 0.4) is 0 Å². The first-order valence-electron chi connectivity index (χ1n) is 12.9. The van der Waals surface area contributed by atoms with E-state index in [0.717, 1.165) is 35.2 Å². The molecule has 192 valence electrons. The molecule has 0 atom stereocenters. The Morgan fingerprint density at radius 2 is 1.89 bits per heavy atom. The van der Waals surface area contributed by atoms with E-state index in [-0.39, 0.29) is 23.4 Å². The molecular weight excluding hydrogens is 477 g/mol. The minimum absolute atomic E-state index is 0.0240. The largest absolute Gasteiger partial charge is 0.494 e. The molecule has 7 heteroatoms. The quantitative estimate of drug-likeness (QED) is 0.337. The third-order valence-corrected chi connectivity index (χ3v) is 6.73. The van der Waals surface area contributed by atoms with Crippen LogP contribution >= 0.6 is 11.6 Å². The lowest BCUT2D eigenvalue weighted by molar-refractivity contribution is -0.120. The maximum atomic E-state index is 13.8. The van der Waals surface area contributed by atoms with Gasteiger partial charge in [-0.25, -0.2) is 9.37 Å². The van der Waals surface area contributed by atoms with E-state index in [9.17, 15) is 9.18 Å². The highest BCUT2D eigenvalue weighted by Gasteiger charge is 2.16. The number of likely N-dealkylation sites (tertiary alicyclic amines) is 1. The van der Waals surface area contributed by atoms with Gasteiger partial charge in [0.25, 0.3) is 0 Å². The van der Waals surface area contributed by atoms with Gasteiger partial charge in [-0.15, -0.1) is 0 Å². The number of benzene rings is 2. The number of carbonyl (C=O) groups is 1. The van der Waals surface area contributed by atoms with E-state index in [1.165, 1.54) is 44.8 Å². The second kappa shape index (κ2) is 12.5. The molecule has 5 nitrogen and oxygen atoms in total. The van der Waals surface area contributed by atoms with Crippen molar-refractivity contribution in [2.24, 2.45) is 0 Å². The predicted molar refractivity (Wildman–Crippen MR) is 144 cm³/mol. The van der Waals surface area contributed by atoms with Gasteiger partial charge in [-0.1, -0.05) is 24.4 Å². The van der Waals surface area contributed by atoms with Crippen molar-refractivity contribution in [3.63, 3.8) is 0 Å². The first-order chi connectivity index (χ1) is 17.4. The topological polar surface area (TPSA) is 54.5 Å². The van der Waals surface area contributed by atoms with Crippen LogP contribution in [-0.2, 0) is 11.2 Å². The average Bonchev–Trinajstić information content (AvgIpc) is 3.11. The number of ether oxygens (including phenoxy) is 1. The SMILES string of the molecule is CC(C)NC(=O)Cc1cc2cc(OCCCN3CCCCCC3)ccc2nc1-c1ccc(F)c(Cl)c1. The normalized spacial score (nSPS) is 14.7. The van der Waals surface area contributed by atoms with Crippen LogP contribution in [0.25, 0.3) is 22.2 Å². The van der Waals surface area contributed by atoms with Gasteiger partial charge < -0.3 is 15.0 Å². The summed E-state index contributed by atoms with van der Waals surface area (Å²) >= 11 is 6.05. The van der Waals surface area contributed by atoms with E-state index < -0.39 is 5.82 Å². The minimum Gasteiger partial charge on any atom is -0.494 e. The Balaban J connectivity index is 1.53. The maximum Gasteiger partial charge on any atom is 0.224 e. The van der Waals surface area contributed by atoms with Crippen LogP contribution in [0.2, 0.25) is 5.02 Å². The lowest BCUT2D eigenvalue weighted by atomic mass is 10.0. The number of nitrogens with zero attached hydrogens (tertiary/aromatic N) is 2. The summed E-state index contributed by atoms with van der Waals surface area (Å²) in [5, 5.41) is 3.85. The molecule has 0 bridgehead atoms.